The first kappa shape index (κ1) is 7.18. The van der Waals surface area contributed by atoms with E-state index in [1.54, 1.807) is 24.3 Å². The number of anilines is 1. The van der Waals surface area contributed by atoms with E-state index >= 15 is 0 Å². The molecule has 0 bridgehead atoms. The predicted molar refractivity (Wildman–Crippen MR) is 40.7 cm³/mol. The smallest absolute Gasteiger partial charge is 0.115 e. The molecule has 10 heavy (non-hydrogen) atoms. The number of phenolic OH excluding ortho intramolecular Hbond substituents is 1. The van der Waals surface area contributed by atoms with Crippen LogP contribution in [0.15, 0.2) is 24.3 Å². The lowest BCUT2D eigenvalue weighted by atomic mass is 10.3. The molecule has 0 heterocycles. The Hall–Kier alpha value is -0.930. The van der Waals surface area contributed by atoms with Gasteiger partial charge in [0.25, 0.3) is 0 Å². The summed E-state index contributed by atoms with van der Waals surface area (Å²) in [5.74, 6) is 0.236. The van der Waals surface area contributed by atoms with Gasteiger partial charge in [-0.3, -0.25) is 0 Å². The largest absolute Gasteiger partial charge is 0.508 e. The van der Waals surface area contributed by atoms with Crippen LogP contribution < -0.4 is 10.4 Å². The second-order valence-electron chi connectivity index (χ2n) is 1.77. The van der Waals surface area contributed by atoms with Gasteiger partial charge in [-0.25, -0.2) is 0 Å². The first-order valence-electron chi connectivity index (χ1n) is 2.73. The minimum atomic E-state index is 0.236. The van der Waals surface area contributed by atoms with Crippen LogP contribution >= 0.6 is 11.8 Å². The Balaban J connectivity index is 2.69. The second kappa shape index (κ2) is 3.29. The zero-order valence-corrected chi connectivity index (χ0v) is 5.89. The third-order valence-corrected chi connectivity index (χ3v) is 1.15. The molecular weight excluding hydrogens is 152 g/mol. The summed E-state index contributed by atoms with van der Waals surface area (Å²) in [6.07, 6.45) is 0. The van der Waals surface area contributed by atoms with Gasteiger partial charge < -0.3 is 10.5 Å². The number of benzene rings is 1. The van der Waals surface area contributed by atoms with E-state index in [9.17, 15) is 0 Å². The zero-order chi connectivity index (χ0) is 7.40. The van der Waals surface area contributed by atoms with Gasteiger partial charge in [-0.05, 0) is 36.0 Å². The average molecular weight is 159 g/mol. The van der Waals surface area contributed by atoms with Crippen LogP contribution in [0.4, 0.5) is 5.69 Å². The highest BCUT2D eigenvalue weighted by molar-refractivity contribution is 6.13. The molecule has 0 aliphatic carbocycles. The van der Waals surface area contributed by atoms with Crippen molar-refractivity contribution in [2.24, 2.45) is 0 Å². The molecule has 4 heteroatoms. The highest BCUT2D eigenvalue weighted by Gasteiger charge is 1.88. The number of aromatic hydroxyl groups is 1. The molecule has 1 aromatic rings. The second-order valence-corrected chi connectivity index (χ2v) is 1.96. The summed E-state index contributed by atoms with van der Waals surface area (Å²) in [4.78, 5) is 2.24. The fraction of sp³-hybridized carbons (Fsp3) is 0. The molecule has 3 nitrogen and oxygen atoms in total. The van der Waals surface area contributed by atoms with E-state index < -0.39 is 0 Å². The third-order valence-electron chi connectivity index (χ3n) is 1.06. The maximum absolute atomic E-state index is 8.84. The Bertz CT molecular complexity index is 199. The van der Waals surface area contributed by atoms with Crippen LogP contribution in [0.1, 0.15) is 0 Å². The van der Waals surface area contributed by atoms with Crippen LogP contribution in [0.5, 0.6) is 5.75 Å². The van der Waals surface area contributed by atoms with Crippen molar-refractivity contribution in [1.82, 2.24) is 4.94 Å². The van der Waals surface area contributed by atoms with Crippen molar-refractivity contribution in [1.29, 1.82) is 0 Å². The van der Waals surface area contributed by atoms with Gasteiger partial charge in [0.2, 0.25) is 0 Å². The first-order chi connectivity index (χ1) is 4.83. The molecule has 0 fully saturated rings. The molecule has 54 valence electrons. The third kappa shape index (κ3) is 1.79. The molecule has 0 spiro atoms. The summed E-state index contributed by atoms with van der Waals surface area (Å²) in [6, 6.07) is 6.53. The molecule has 3 N–H and O–H groups in total. The van der Waals surface area contributed by atoms with Gasteiger partial charge in [0.1, 0.15) is 5.75 Å². The lowest BCUT2D eigenvalue weighted by Crippen LogP contribution is -2.07. The van der Waals surface area contributed by atoms with E-state index in [1.165, 1.54) is 0 Å². The van der Waals surface area contributed by atoms with Gasteiger partial charge in [-0.15, -0.1) is 4.94 Å². The van der Waals surface area contributed by atoms with Crippen molar-refractivity contribution in [3.05, 3.63) is 24.3 Å². The molecule has 0 aliphatic heterocycles. The van der Waals surface area contributed by atoms with Gasteiger partial charge in [0.15, 0.2) is 0 Å². The number of halogens is 1. The number of rotatable bonds is 2. The van der Waals surface area contributed by atoms with Crippen LogP contribution in [0, 0.1) is 0 Å². The first-order valence-corrected chi connectivity index (χ1v) is 3.11. The van der Waals surface area contributed by atoms with Crippen LogP contribution in [0.3, 0.4) is 0 Å². The summed E-state index contributed by atoms with van der Waals surface area (Å²) >= 11 is 5.15. The average Bonchev–Trinajstić information content (AvgIpc) is 1.95. The summed E-state index contributed by atoms with van der Waals surface area (Å²) < 4.78 is 0. The Morgan fingerprint density at radius 2 is 1.80 bits per heavy atom. The molecule has 0 radical (unpaired) electrons. The van der Waals surface area contributed by atoms with E-state index in [0.717, 1.165) is 5.69 Å². The minimum absolute atomic E-state index is 0.236. The quantitative estimate of drug-likeness (QED) is 0.347. The molecule has 1 rings (SSSR count). The topological polar surface area (TPSA) is 44.3 Å². The SMILES string of the molecule is Oc1ccc(NNCl)cc1. The number of phenols is 1. The van der Waals surface area contributed by atoms with Crippen molar-refractivity contribution in [2.45, 2.75) is 0 Å². The maximum atomic E-state index is 8.84. The fourth-order valence-corrected chi connectivity index (χ4v) is 0.708. The highest BCUT2D eigenvalue weighted by Crippen LogP contribution is 2.12. The Kier molecular flexibility index (Phi) is 2.36. The Morgan fingerprint density at radius 3 is 2.30 bits per heavy atom. The molecule has 0 aliphatic rings. The maximum Gasteiger partial charge on any atom is 0.115 e. The lowest BCUT2D eigenvalue weighted by Gasteiger charge is -2.00. The number of nitrogens with one attached hydrogen (secondary N) is 2. The van der Waals surface area contributed by atoms with Crippen LogP contribution in [-0.2, 0) is 0 Å². The number of hydrazine groups is 1. The molecular formula is C6H7ClN2O. The monoisotopic (exact) mass is 158 g/mol. The van der Waals surface area contributed by atoms with Crippen molar-refractivity contribution in [3.63, 3.8) is 0 Å². The van der Waals surface area contributed by atoms with Crippen molar-refractivity contribution in [3.8, 4) is 5.75 Å². The van der Waals surface area contributed by atoms with Crippen LogP contribution in [0.2, 0.25) is 0 Å². The van der Waals surface area contributed by atoms with Crippen LogP contribution in [0.25, 0.3) is 0 Å². The molecule has 0 amide bonds. The number of hydrogen-bond donors (Lipinski definition) is 3. The van der Waals surface area contributed by atoms with E-state index in [4.69, 9.17) is 16.9 Å². The normalized spacial score (nSPS) is 9.30. The van der Waals surface area contributed by atoms with Gasteiger partial charge in [-0.1, -0.05) is 0 Å². The van der Waals surface area contributed by atoms with E-state index in [2.05, 4.69) is 10.4 Å². The fourth-order valence-electron chi connectivity index (χ4n) is 0.599. The Labute approximate surface area is 63.7 Å². The van der Waals surface area contributed by atoms with E-state index in [1.807, 2.05) is 0 Å². The van der Waals surface area contributed by atoms with Gasteiger partial charge in [0, 0.05) is 0 Å². The summed E-state index contributed by atoms with van der Waals surface area (Å²) in [5, 5.41) is 8.84. The van der Waals surface area contributed by atoms with Crippen LogP contribution in [-0.4, -0.2) is 5.11 Å². The summed E-state index contributed by atoms with van der Waals surface area (Å²) in [5.41, 5.74) is 3.44. The summed E-state index contributed by atoms with van der Waals surface area (Å²) in [6.45, 7) is 0. The zero-order valence-electron chi connectivity index (χ0n) is 5.13. The lowest BCUT2D eigenvalue weighted by molar-refractivity contribution is 0.475. The van der Waals surface area contributed by atoms with Gasteiger partial charge >= 0.3 is 0 Å². The standard InChI is InChI=1S/C6H7ClN2O/c7-9-8-5-1-3-6(10)4-2-5/h1-4,8-10H. The van der Waals surface area contributed by atoms with Gasteiger partial charge in [0.05, 0.1) is 5.69 Å². The Morgan fingerprint density at radius 1 is 1.20 bits per heavy atom. The molecule has 0 aromatic heterocycles. The molecule has 0 saturated heterocycles. The highest BCUT2D eigenvalue weighted by atomic mass is 35.5. The molecule has 0 atom stereocenters. The van der Waals surface area contributed by atoms with Crippen molar-refractivity contribution < 1.29 is 5.11 Å². The molecule has 0 saturated carbocycles. The predicted octanol–water partition coefficient (Wildman–Crippen LogP) is 1.46. The van der Waals surface area contributed by atoms with E-state index in [-0.39, 0.29) is 5.75 Å². The summed E-state index contributed by atoms with van der Waals surface area (Å²) in [7, 11) is 0. The van der Waals surface area contributed by atoms with Gasteiger partial charge in [-0.2, -0.15) is 0 Å². The van der Waals surface area contributed by atoms with E-state index in [0.29, 0.717) is 0 Å². The van der Waals surface area contributed by atoms with Crippen molar-refractivity contribution in [2.75, 3.05) is 5.43 Å². The molecule has 0 unspecified atom stereocenters. The van der Waals surface area contributed by atoms with Crippen molar-refractivity contribution >= 4 is 17.5 Å². The molecule has 1 aromatic carbocycles. The minimum Gasteiger partial charge on any atom is -0.508 e. The number of hydrogen-bond acceptors (Lipinski definition) is 3.